The molecule has 1 aliphatic heterocycles. The number of anilines is 1. The lowest BCUT2D eigenvalue weighted by Gasteiger charge is -2.31. The minimum Gasteiger partial charge on any atom is -0.399 e. The Kier molecular flexibility index (Phi) is 9.95. The molecule has 1 heterocycles. The number of rotatable bonds is 6. The number of nitrogens with one attached hydrogen (secondary N) is 1. The zero-order valence-corrected chi connectivity index (χ0v) is 17.8. The van der Waals surface area contributed by atoms with E-state index in [-0.39, 0.29) is 42.5 Å². The van der Waals surface area contributed by atoms with Crippen molar-refractivity contribution < 1.29 is 9.59 Å². The summed E-state index contributed by atoms with van der Waals surface area (Å²) in [7, 11) is 0. The lowest BCUT2D eigenvalue weighted by molar-refractivity contribution is -0.123. The number of amides is 2. The molecular formula is C21H28Cl2N4O2. The summed E-state index contributed by atoms with van der Waals surface area (Å²) in [6.45, 7) is 2.91. The highest BCUT2D eigenvalue weighted by Gasteiger charge is 2.23. The maximum absolute atomic E-state index is 12.3. The summed E-state index contributed by atoms with van der Waals surface area (Å²) in [4.78, 5) is 26.0. The molecule has 29 heavy (non-hydrogen) atoms. The van der Waals surface area contributed by atoms with Gasteiger partial charge in [0.15, 0.2) is 0 Å². The van der Waals surface area contributed by atoms with Crippen LogP contribution in [0, 0.1) is 5.92 Å². The molecule has 6 nitrogen and oxygen atoms in total. The molecule has 1 fully saturated rings. The van der Waals surface area contributed by atoms with Gasteiger partial charge >= 0.3 is 0 Å². The largest absolute Gasteiger partial charge is 0.399 e. The summed E-state index contributed by atoms with van der Waals surface area (Å²) < 4.78 is 0. The van der Waals surface area contributed by atoms with Crippen molar-refractivity contribution in [2.75, 3.05) is 18.8 Å². The number of nitrogens with zero attached hydrogens (tertiary/aromatic N) is 1. The second kappa shape index (κ2) is 11.7. The Balaban J connectivity index is 0.00000210. The van der Waals surface area contributed by atoms with Gasteiger partial charge in [-0.3, -0.25) is 14.5 Å². The fourth-order valence-corrected chi connectivity index (χ4v) is 3.49. The van der Waals surface area contributed by atoms with Crippen LogP contribution in [0.25, 0.3) is 0 Å². The Labute approximate surface area is 183 Å². The number of piperidine rings is 1. The quantitative estimate of drug-likeness (QED) is 0.603. The molecule has 0 aromatic heterocycles. The van der Waals surface area contributed by atoms with Gasteiger partial charge in [0.1, 0.15) is 0 Å². The number of carbonyl (C=O) groups excluding carboxylic acids is 2. The van der Waals surface area contributed by atoms with Crippen LogP contribution in [0.5, 0.6) is 0 Å². The standard InChI is InChI=1S/C21H26N4O2.2ClH/c22-19-8-2-6-17(11-19)21(27)24-12-15-4-1-5-16(10-15)13-25-9-3-7-18(14-25)20(23)26;;/h1-2,4-6,8,10-11,18H,3,7,9,12-14,22H2,(H2,23,26)(H,24,27);2*1H. The van der Waals surface area contributed by atoms with Crippen LogP contribution in [0.4, 0.5) is 5.69 Å². The van der Waals surface area contributed by atoms with E-state index in [9.17, 15) is 9.59 Å². The van der Waals surface area contributed by atoms with E-state index in [4.69, 9.17) is 11.5 Å². The van der Waals surface area contributed by atoms with Crippen molar-refractivity contribution in [3.63, 3.8) is 0 Å². The number of halogens is 2. The smallest absolute Gasteiger partial charge is 0.251 e. The van der Waals surface area contributed by atoms with E-state index >= 15 is 0 Å². The molecular weight excluding hydrogens is 411 g/mol. The molecule has 1 aliphatic rings. The molecule has 0 saturated carbocycles. The number of carbonyl (C=O) groups is 2. The van der Waals surface area contributed by atoms with E-state index in [0.717, 1.165) is 37.1 Å². The van der Waals surface area contributed by atoms with Crippen LogP contribution in [0.1, 0.15) is 34.3 Å². The molecule has 1 saturated heterocycles. The van der Waals surface area contributed by atoms with Crippen LogP contribution < -0.4 is 16.8 Å². The number of likely N-dealkylation sites (tertiary alicyclic amines) is 1. The molecule has 1 atom stereocenters. The summed E-state index contributed by atoms with van der Waals surface area (Å²) in [6, 6.07) is 15.1. The normalized spacial score (nSPS) is 16.2. The van der Waals surface area contributed by atoms with Gasteiger partial charge in [-0.05, 0) is 48.7 Å². The highest BCUT2D eigenvalue weighted by Crippen LogP contribution is 2.19. The summed E-state index contributed by atoms with van der Waals surface area (Å²) in [6.07, 6.45) is 1.87. The molecule has 2 aromatic carbocycles. The van der Waals surface area contributed by atoms with Gasteiger partial charge in [0, 0.05) is 30.9 Å². The zero-order valence-electron chi connectivity index (χ0n) is 16.2. The highest BCUT2D eigenvalue weighted by atomic mass is 35.5. The van der Waals surface area contributed by atoms with Crippen molar-refractivity contribution in [2.45, 2.75) is 25.9 Å². The monoisotopic (exact) mass is 438 g/mol. The Hall–Kier alpha value is -2.28. The van der Waals surface area contributed by atoms with E-state index in [1.54, 1.807) is 24.3 Å². The predicted molar refractivity (Wildman–Crippen MR) is 120 cm³/mol. The SMILES string of the molecule is Cl.Cl.NC(=O)C1CCCN(Cc2cccc(CNC(=O)c3cccc(N)c3)c2)C1. The van der Waals surface area contributed by atoms with Gasteiger partial charge in [0.2, 0.25) is 5.91 Å². The number of hydrogen-bond acceptors (Lipinski definition) is 4. The van der Waals surface area contributed by atoms with Crippen molar-refractivity contribution in [1.29, 1.82) is 0 Å². The van der Waals surface area contributed by atoms with Gasteiger partial charge in [-0.2, -0.15) is 0 Å². The fourth-order valence-electron chi connectivity index (χ4n) is 3.49. The molecule has 3 rings (SSSR count). The van der Waals surface area contributed by atoms with Crippen molar-refractivity contribution in [3.05, 3.63) is 65.2 Å². The summed E-state index contributed by atoms with van der Waals surface area (Å²) in [5.41, 5.74) is 14.5. The third-order valence-corrected chi connectivity index (χ3v) is 4.91. The van der Waals surface area contributed by atoms with E-state index in [1.165, 1.54) is 0 Å². The first kappa shape index (κ1) is 24.8. The van der Waals surface area contributed by atoms with E-state index in [1.807, 2.05) is 12.1 Å². The third-order valence-electron chi connectivity index (χ3n) is 4.91. The fraction of sp³-hybridized carbons (Fsp3) is 0.333. The molecule has 0 radical (unpaired) electrons. The minimum atomic E-state index is -0.210. The zero-order chi connectivity index (χ0) is 19.2. The molecule has 8 heteroatoms. The van der Waals surface area contributed by atoms with Gasteiger partial charge in [-0.15, -0.1) is 24.8 Å². The molecule has 158 valence electrons. The molecule has 5 N–H and O–H groups in total. The Bertz CT molecular complexity index is 832. The van der Waals surface area contributed by atoms with Crippen LogP contribution in [-0.2, 0) is 17.9 Å². The molecule has 2 aromatic rings. The van der Waals surface area contributed by atoms with Crippen LogP contribution in [-0.4, -0.2) is 29.8 Å². The number of hydrogen-bond donors (Lipinski definition) is 3. The molecule has 0 aliphatic carbocycles. The van der Waals surface area contributed by atoms with Crippen molar-refractivity contribution in [1.82, 2.24) is 10.2 Å². The lowest BCUT2D eigenvalue weighted by atomic mass is 9.97. The number of benzene rings is 2. The highest BCUT2D eigenvalue weighted by molar-refractivity contribution is 5.94. The summed E-state index contributed by atoms with van der Waals surface area (Å²) in [5.74, 6) is -0.412. The van der Waals surface area contributed by atoms with E-state index < -0.39 is 0 Å². The third kappa shape index (κ3) is 7.24. The van der Waals surface area contributed by atoms with Crippen molar-refractivity contribution in [3.8, 4) is 0 Å². The number of primary amides is 1. The molecule has 1 unspecified atom stereocenters. The van der Waals surface area contributed by atoms with Crippen LogP contribution in [0.15, 0.2) is 48.5 Å². The Morgan fingerprint density at radius 1 is 1.07 bits per heavy atom. The first-order chi connectivity index (χ1) is 13.0. The predicted octanol–water partition coefficient (Wildman–Crippen LogP) is 2.74. The number of nitrogen functional groups attached to an aromatic ring is 1. The van der Waals surface area contributed by atoms with Crippen LogP contribution >= 0.6 is 24.8 Å². The average molecular weight is 439 g/mol. The topological polar surface area (TPSA) is 101 Å². The maximum atomic E-state index is 12.3. The minimum absolute atomic E-state index is 0. The Morgan fingerprint density at radius 3 is 2.52 bits per heavy atom. The van der Waals surface area contributed by atoms with Crippen LogP contribution in [0.2, 0.25) is 0 Å². The summed E-state index contributed by atoms with van der Waals surface area (Å²) in [5, 5.41) is 2.93. The van der Waals surface area contributed by atoms with Crippen molar-refractivity contribution in [2.24, 2.45) is 11.7 Å². The lowest BCUT2D eigenvalue weighted by Crippen LogP contribution is -2.40. The molecule has 2 amide bonds. The first-order valence-electron chi connectivity index (χ1n) is 9.24. The maximum Gasteiger partial charge on any atom is 0.251 e. The summed E-state index contributed by atoms with van der Waals surface area (Å²) >= 11 is 0. The molecule has 0 bridgehead atoms. The van der Waals surface area contributed by atoms with Gasteiger partial charge in [-0.25, -0.2) is 0 Å². The van der Waals surface area contributed by atoms with E-state index in [0.29, 0.717) is 24.3 Å². The molecule has 0 spiro atoms. The van der Waals surface area contributed by atoms with Gasteiger partial charge in [0.05, 0.1) is 5.92 Å². The first-order valence-corrected chi connectivity index (χ1v) is 9.24. The second-order valence-electron chi connectivity index (χ2n) is 7.10. The van der Waals surface area contributed by atoms with Gasteiger partial charge < -0.3 is 16.8 Å². The van der Waals surface area contributed by atoms with Crippen LogP contribution in [0.3, 0.4) is 0 Å². The van der Waals surface area contributed by atoms with Crippen molar-refractivity contribution >= 4 is 42.3 Å². The van der Waals surface area contributed by atoms with Gasteiger partial charge in [-0.1, -0.05) is 30.3 Å². The van der Waals surface area contributed by atoms with Gasteiger partial charge in [0.25, 0.3) is 5.91 Å². The van der Waals surface area contributed by atoms with E-state index in [2.05, 4.69) is 22.3 Å². The Morgan fingerprint density at radius 2 is 1.79 bits per heavy atom. The second-order valence-corrected chi connectivity index (χ2v) is 7.10. The average Bonchev–Trinajstić information content (AvgIpc) is 2.66. The number of nitrogens with two attached hydrogens (primary N) is 2.